The predicted molar refractivity (Wildman–Crippen MR) is 120 cm³/mol. The second-order valence-electron chi connectivity index (χ2n) is 8.10. The van der Waals surface area contributed by atoms with E-state index in [-0.39, 0.29) is 6.10 Å². The highest BCUT2D eigenvalue weighted by atomic mass is 32.2. The monoisotopic (exact) mass is 433 g/mol. The Morgan fingerprint density at radius 3 is 2.53 bits per heavy atom. The van der Waals surface area contributed by atoms with Gasteiger partial charge < -0.3 is 19.5 Å². The van der Waals surface area contributed by atoms with Gasteiger partial charge in [-0.05, 0) is 38.2 Å². The summed E-state index contributed by atoms with van der Waals surface area (Å²) >= 11 is 1.64. The molecule has 4 rings (SSSR count). The van der Waals surface area contributed by atoms with Crippen molar-refractivity contribution in [2.75, 3.05) is 45.3 Å². The fraction of sp³-hybridized carbons (Fsp3) is 0.619. The Labute approximate surface area is 182 Å². The van der Waals surface area contributed by atoms with Crippen LogP contribution in [0.3, 0.4) is 0 Å². The highest BCUT2D eigenvalue weighted by Crippen LogP contribution is 2.36. The van der Waals surface area contributed by atoms with Crippen molar-refractivity contribution in [1.29, 1.82) is 0 Å². The third-order valence-electron chi connectivity index (χ3n) is 6.09. The number of anilines is 1. The van der Waals surface area contributed by atoms with Crippen LogP contribution in [-0.2, 0) is 0 Å². The summed E-state index contributed by atoms with van der Waals surface area (Å²) in [5.74, 6) is 2.56. The van der Waals surface area contributed by atoms with E-state index >= 15 is 0 Å². The molecule has 9 heteroatoms. The first-order chi connectivity index (χ1) is 14.6. The van der Waals surface area contributed by atoms with E-state index in [1.54, 1.807) is 32.7 Å². The molecule has 2 saturated heterocycles. The number of fused-ring (bicyclic) bond motifs is 1. The van der Waals surface area contributed by atoms with Gasteiger partial charge in [-0.25, -0.2) is 19.0 Å². The van der Waals surface area contributed by atoms with Gasteiger partial charge in [-0.2, -0.15) is 0 Å². The van der Waals surface area contributed by atoms with Crippen molar-refractivity contribution in [3.63, 3.8) is 0 Å². The van der Waals surface area contributed by atoms with Gasteiger partial charge in [-0.1, -0.05) is 0 Å². The maximum atomic E-state index is 10.8. The standard InChI is InChI=1S/C21H31N5O3S/c1-14-4-9-26(30-24-14)12-18(27)15-5-7-25(8-6-15)21-16-10-19(28-2)20(29-3)11-17(16)22-13-23-21/h10-11,13-15,18,24,27H,4-9,12H2,1-3H3. The van der Waals surface area contributed by atoms with Gasteiger partial charge in [-0.15, -0.1) is 0 Å². The first-order valence-corrected chi connectivity index (χ1v) is 11.3. The van der Waals surface area contributed by atoms with E-state index in [0.717, 1.165) is 55.6 Å². The van der Waals surface area contributed by atoms with Crippen molar-refractivity contribution >= 4 is 28.9 Å². The minimum absolute atomic E-state index is 0.304. The summed E-state index contributed by atoms with van der Waals surface area (Å²) in [6, 6.07) is 4.38. The topological polar surface area (TPSA) is 83.0 Å². The van der Waals surface area contributed by atoms with Crippen molar-refractivity contribution < 1.29 is 14.6 Å². The van der Waals surface area contributed by atoms with Crippen molar-refractivity contribution in [2.24, 2.45) is 5.92 Å². The molecule has 3 heterocycles. The van der Waals surface area contributed by atoms with E-state index < -0.39 is 0 Å². The largest absolute Gasteiger partial charge is 0.493 e. The smallest absolute Gasteiger partial charge is 0.162 e. The van der Waals surface area contributed by atoms with E-state index in [1.807, 2.05) is 12.1 Å². The van der Waals surface area contributed by atoms with Gasteiger partial charge in [0.2, 0.25) is 0 Å². The zero-order valence-corrected chi connectivity index (χ0v) is 18.7. The number of aromatic nitrogens is 2. The minimum atomic E-state index is -0.304. The number of hydrogen-bond donors (Lipinski definition) is 2. The summed E-state index contributed by atoms with van der Waals surface area (Å²) < 4.78 is 16.5. The molecule has 2 aliphatic heterocycles. The van der Waals surface area contributed by atoms with Crippen LogP contribution < -0.4 is 19.1 Å². The molecule has 2 aliphatic rings. The first kappa shape index (κ1) is 21.4. The maximum Gasteiger partial charge on any atom is 0.162 e. The number of piperidine rings is 1. The van der Waals surface area contributed by atoms with Crippen molar-refractivity contribution in [1.82, 2.24) is 19.0 Å². The number of β-amino-alcohol motifs (C(OH)–C–C–N with tert-alkyl or cyclic N) is 1. The zero-order valence-electron chi connectivity index (χ0n) is 17.9. The molecular weight excluding hydrogens is 402 g/mol. The summed E-state index contributed by atoms with van der Waals surface area (Å²) in [5.41, 5.74) is 0.837. The van der Waals surface area contributed by atoms with E-state index in [0.29, 0.717) is 30.0 Å². The lowest BCUT2D eigenvalue weighted by Gasteiger charge is -2.37. The van der Waals surface area contributed by atoms with Crippen LogP contribution in [0.1, 0.15) is 26.2 Å². The molecule has 0 spiro atoms. The summed E-state index contributed by atoms with van der Waals surface area (Å²) in [6.45, 7) is 5.66. The Bertz CT molecular complexity index is 854. The molecule has 0 aliphatic carbocycles. The number of rotatable bonds is 6. The number of ether oxygens (including phenoxy) is 2. The Balaban J connectivity index is 1.42. The molecule has 2 unspecified atom stereocenters. The lowest BCUT2D eigenvalue weighted by Crippen LogP contribution is -2.44. The molecular formula is C21H31N5O3S. The summed E-state index contributed by atoms with van der Waals surface area (Å²) in [7, 11) is 3.26. The van der Waals surface area contributed by atoms with Crippen LogP contribution in [-0.4, -0.2) is 71.9 Å². The molecule has 30 heavy (non-hydrogen) atoms. The molecule has 0 saturated carbocycles. The SMILES string of the molecule is COc1cc2ncnc(N3CCC(C(O)CN4CCC(C)NS4)CC3)c2cc1OC. The van der Waals surface area contributed by atoms with Gasteiger partial charge in [0.25, 0.3) is 0 Å². The van der Waals surface area contributed by atoms with E-state index in [4.69, 9.17) is 9.47 Å². The number of methoxy groups -OCH3 is 2. The molecule has 0 radical (unpaired) electrons. The van der Waals surface area contributed by atoms with E-state index in [9.17, 15) is 5.11 Å². The molecule has 2 N–H and O–H groups in total. The van der Waals surface area contributed by atoms with Crippen LogP contribution in [0.2, 0.25) is 0 Å². The van der Waals surface area contributed by atoms with Crippen LogP contribution in [0.15, 0.2) is 18.5 Å². The van der Waals surface area contributed by atoms with Gasteiger partial charge in [-0.3, -0.25) is 0 Å². The number of aliphatic hydroxyl groups excluding tert-OH is 1. The normalized spacial score (nSPS) is 22.3. The first-order valence-electron chi connectivity index (χ1n) is 10.6. The van der Waals surface area contributed by atoms with Gasteiger partial charge in [0, 0.05) is 55.8 Å². The third kappa shape index (κ3) is 4.59. The number of aliphatic hydroxyl groups is 1. The molecule has 1 aromatic heterocycles. The second kappa shape index (κ2) is 9.55. The predicted octanol–water partition coefficient (Wildman–Crippen LogP) is 2.47. The molecule has 2 fully saturated rings. The van der Waals surface area contributed by atoms with Gasteiger partial charge in [0.15, 0.2) is 11.5 Å². The molecule has 1 aromatic carbocycles. The Morgan fingerprint density at radius 1 is 1.13 bits per heavy atom. The van der Waals surface area contributed by atoms with Gasteiger partial charge in [0.1, 0.15) is 12.1 Å². The van der Waals surface area contributed by atoms with Crippen molar-refractivity contribution in [2.45, 2.75) is 38.3 Å². The van der Waals surface area contributed by atoms with Gasteiger partial charge in [0.05, 0.1) is 25.8 Å². The average molecular weight is 434 g/mol. The fourth-order valence-corrected chi connectivity index (χ4v) is 5.08. The zero-order chi connectivity index (χ0) is 21.1. The molecule has 164 valence electrons. The molecule has 8 nitrogen and oxygen atoms in total. The van der Waals surface area contributed by atoms with Crippen LogP contribution in [0.4, 0.5) is 5.82 Å². The third-order valence-corrected chi connectivity index (χ3v) is 7.19. The van der Waals surface area contributed by atoms with Crippen molar-refractivity contribution in [3.05, 3.63) is 18.5 Å². The number of nitrogens with zero attached hydrogens (tertiary/aromatic N) is 4. The van der Waals surface area contributed by atoms with Crippen LogP contribution in [0, 0.1) is 5.92 Å². The fourth-order valence-electron chi connectivity index (χ4n) is 4.21. The highest BCUT2D eigenvalue weighted by molar-refractivity contribution is 7.95. The minimum Gasteiger partial charge on any atom is -0.493 e. The van der Waals surface area contributed by atoms with Crippen LogP contribution in [0.5, 0.6) is 11.5 Å². The second-order valence-corrected chi connectivity index (χ2v) is 9.03. The van der Waals surface area contributed by atoms with E-state index in [1.165, 1.54) is 0 Å². The Morgan fingerprint density at radius 2 is 1.87 bits per heavy atom. The Hall–Kier alpha value is -1.81. The van der Waals surface area contributed by atoms with Crippen LogP contribution >= 0.6 is 12.1 Å². The summed E-state index contributed by atoms with van der Waals surface area (Å²) in [6.07, 6.45) is 4.31. The molecule has 2 atom stereocenters. The summed E-state index contributed by atoms with van der Waals surface area (Å²) in [4.78, 5) is 11.3. The lowest BCUT2D eigenvalue weighted by molar-refractivity contribution is 0.0746. The average Bonchev–Trinajstić information content (AvgIpc) is 2.79. The number of benzene rings is 1. The number of hydrogen-bond acceptors (Lipinski definition) is 9. The quantitative estimate of drug-likeness (QED) is 0.668. The number of nitrogens with one attached hydrogen (secondary N) is 1. The highest BCUT2D eigenvalue weighted by Gasteiger charge is 2.29. The summed E-state index contributed by atoms with van der Waals surface area (Å²) in [5, 5.41) is 11.7. The molecule has 2 aromatic rings. The van der Waals surface area contributed by atoms with E-state index in [2.05, 4.69) is 30.8 Å². The van der Waals surface area contributed by atoms with Crippen LogP contribution in [0.25, 0.3) is 10.9 Å². The van der Waals surface area contributed by atoms with Gasteiger partial charge >= 0.3 is 0 Å². The lowest BCUT2D eigenvalue weighted by atomic mass is 9.91. The van der Waals surface area contributed by atoms with Crippen molar-refractivity contribution in [3.8, 4) is 11.5 Å². The Kier molecular flexibility index (Phi) is 6.82. The maximum absolute atomic E-state index is 10.8. The molecule has 0 bridgehead atoms. The molecule has 0 amide bonds.